The summed E-state index contributed by atoms with van der Waals surface area (Å²) in [7, 11) is 0. The summed E-state index contributed by atoms with van der Waals surface area (Å²) in [6.07, 6.45) is -0.307. The quantitative estimate of drug-likeness (QED) is 0.789. The zero-order valence-electron chi connectivity index (χ0n) is 8.37. The third-order valence-corrected chi connectivity index (χ3v) is 3.18. The van der Waals surface area contributed by atoms with Crippen LogP contribution >= 0.6 is 15.9 Å². The molecule has 3 heterocycles. The second-order valence-electron chi connectivity index (χ2n) is 3.92. The van der Waals surface area contributed by atoms with Gasteiger partial charge in [0.1, 0.15) is 16.6 Å². The molecular formula is C10H10BrFN4. The molecule has 1 saturated heterocycles. The van der Waals surface area contributed by atoms with E-state index in [1.807, 2.05) is 12.1 Å². The minimum Gasteiger partial charge on any atom is -0.339 e. The van der Waals surface area contributed by atoms with Crippen molar-refractivity contribution in [2.45, 2.75) is 18.6 Å². The van der Waals surface area contributed by atoms with E-state index in [1.54, 1.807) is 0 Å². The van der Waals surface area contributed by atoms with Gasteiger partial charge in [0.25, 0.3) is 0 Å². The highest BCUT2D eigenvalue weighted by Gasteiger charge is 2.27. The van der Waals surface area contributed by atoms with Crippen LogP contribution in [0, 0.1) is 0 Å². The van der Waals surface area contributed by atoms with Gasteiger partial charge in [-0.2, -0.15) is 0 Å². The van der Waals surface area contributed by atoms with Crippen LogP contribution in [0.3, 0.4) is 0 Å². The number of imidazole rings is 1. The smallest absolute Gasteiger partial charge is 0.178 e. The summed E-state index contributed by atoms with van der Waals surface area (Å²) in [5, 5.41) is 3.09. The third kappa shape index (κ3) is 1.72. The number of halogens is 2. The van der Waals surface area contributed by atoms with E-state index in [-0.39, 0.29) is 6.04 Å². The summed E-state index contributed by atoms with van der Waals surface area (Å²) >= 11 is 3.29. The molecule has 4 nitrogen and oxygen atoms in total. The lowest BCUT2D eigenvalue weighted by Gasteiger charge is -2.03. The van der Waals surface area contributed by atoms with Crippen molar-refractivity contribution in [3.63, 3.8) is 0 Å². The predicted octanol–water partition coefficient (Wildman–Crippen LogP) is 2.09. The van der Waals surface area contributed by atoms with Gasteiger partial charge < -0.3 is 10.3 Å². The Labute approximate surface area is 99.8 Å². The molecule has 0 spiro atoms. The van der Waals surface area contributed by atoms with Crippen LogP contribution in [0.15, 0.2) is 16.7 Å². The van der Waals surface area contributed by atoms with Crippen molar-refractivity contribution in [2.75, 3.05) is 6.54 Å². The number of nitrogens with zero attached hydrogens (tertiary/aromatic N) is 2. The molecule has 1 fully saturated rings. The first-order chi connectivity index (χ1) is 7.72. The van der Waals surface area contributed by atoms with E-state index in [2.05, 4.69) is 36.2 Å². The highest BCUT2D eigenvalue weighted by atomic mass is 79.9. The maximum absolute atomic E-state index is 13.1. The van der Waals surface area contributed by atoms with Gasteiger partial charge in [-0.05, 0) is 28.1 Å². The van der Waals surface area contributed by atoms with Gasteiger partial charge in [0.2, 0.25) is 0 Å². The molecule has 16 heavy (non-hydrogen) atoms. The Bertz CT molecular complexity index is 527. The van der Waals surface area contributed by atoms with Crippen LogP contribution in [0.4, 0.5) is 4.39 Å². The average Bonchev–Trinajstić information content (AvgIpc) is 2.83. The average molecular weight is 285 g/mol. The van der Waals surface area contributed by atoms with Crippen LogP contribution in [-0.4, -0.2) is 27.7 Å². The third-order valence-electron chi connectivity index (χ3n) is 2.74. The van der Waals surface area contributed by atoms with Gasteiger partial charge in [-0.3, -0.25) is 0 Å². The molecule has 0 amide bonds. The van der Waals surface area contributed by atoms with Crippen molar-refractivity contribution in [1.82, 2.24) is 20.3 Å². The minimum absolute atomic E-state index is 0.0250. The van der Waals surface area contributed by atoms with Crippen LogP contribution in [-0.2, 0) is 0 Å². The molecule has 84 valence electrons. The highest BCUT2D eigenvalue weighted by molar-refractivity contribution is 9.10. The number of aromatic nitrogens is 3. The number of hydrogen-bond acceptors (Lipinski definition) is 3. The van der Waals surface area contributed by atoms with Crippen molar-refractivity contribution >= 4 is 27.1 Å². The number of rotatable bonds is 1. The first-order valence-electron chi connectivity index (χ1n) is 5.12. The summed E-state index contributed by atoms with van der Waals surface area (Å²) in [6, 6.07) is 3.73. The SMILES string of the molecule is F[C@H]1CN[C@@H](c2nc3nc(Br)ccc3[nH]2)C1. The number of nitrogens with one attached hydrogen (secondary N) is 2. The molecular weight excluding hydrogens is 275 g/mol. The second-order valence-corrected chi connectivity index (χ2v) is 4.73. The first-order valence-corrected chi connectivity index (χ1v) is 5.91. The molecule has 0 aliphatic carbocycles. The van der Waals surface area contributed by atoms with E-state index in [0.29, 0.717) is 18.6 Å². The number of hydrogen-bond donors (Lipinski definition) is 2. The topological polar surface area (TPSA) is 53.6 Å². The number of H-pyrrole nitrogens is 1. The Hall–Kier alpha value is -1.01. The Kier molecular flexibility index (Phi) is 2.40. The monoisotopic (exact) mass is 284 g/mol. The molecule has 3 rings (SSSR count). The second kappa shape index (κ2) is 3.78. The lowest BCUT2D eigenvalue weighted by atomic mass is 10.2. The molecule has 2 atom stereocenters. The van der Waals surface area contributed by atoms with Gasteiger partial charge in [0.05, 0.1) is 11.6 Å². The van der Waals surface area contributed by atoms with Gasteiger partial charge in [0, 0.05) is 13.0 Å². The number of alkyl halides is 1. The normalized spacial score (nSPS) is 25.4. The Balaban J connectivity index is 1.99. The maximum atomic E-state index is 13.1. The van der Waals surface area contributed by atoms with Crippen molar-refractivity contribution in [2.24, 2.45) is 0 Å². The molecule has 2 aromatic rings. The van der Waals surface area contributed by atoms with Crippen LogP contribution in [0.1, 0.15) is 18.3 Å². The fourth-order valence-electron chi connectivity index (χ4n) is 1.95. The molecule has 0 unspecified atom stereocenters. The zero-order chi connectivity index (χ0) is 11.1. The van der Waals surface area contributed by atoms with Crippen molar-refractivity contribution in [3.05, 3.63) is 22.6 Å². The van der Waals surface area contributed by atoms with Gasteiger partial charge >= 0.3 is 0 Å². The summed E-state index contributed by atoms with van der Waals surface area (Å²) in [5.74, 6) is 0.765. The molecule has 0 radical (unpaired) electrons. The zero-order valence-corrected chi connectivity index (χ0v) is 9.96. The summed E-state index contributed by atoms with van der Waals surface area (Å²) in [6.45, 7) is 0.402. The lowest BCUT2D eigenvalue weighted by molar-refractivity contribution is 0.355. The molecule has 2 N–H and O–H groups in total. The number of pyridine rings is 1. The number of aromatic amines is 1. The lowest BCUT2D eigenvalue weighted by Crippen LogP contribution is -2.14. The fraction of sp³-hybridized carbons (Fsp3) is 0.400. The predicted molar refractivity (Wildman–Crippen MR) is 61.8 cm³/mol. The largest absolute Gasteiger partial charge is 0.339 e. The first kappa shape index (κ1) is 10.2. The standard InChI is InChI=1S/C10H10BrFN4/c11-8-2-1-6-9(15-8)16-10(14-6)7-3-5(12)4-13-7/h1-2,5,7,13H,3-4H2,(H,14,15,16)/t5-,7-/m1/s1. The molecule has 1 aliphatic rings. The van der Waals surface area contributed by atoms with E-state index < -0.39 is 6.17 Å². The van der Waals surface area contributed by atoms with E-state index in [4.69, 9.17) is 0 Å². The molecule has 0 bridgehead atoms. The minimum atomic E-state index is -0.780. The van der Waals surface area contributed by atoms with Crippen LogP contribution < -0.4 is 5.32 Å². The van der Waals surface area contributed by atoms with Crippen LogP contribution in [0.2, 0.25) is 0 Å². The van der Waals surface area contributed by atoms with Gasteiger partial charge in [-0.25, -0.2) is 14.4 Å². The van der Waals surface area contributed by atoms with Gasteiger partial charge in [-0.1, -0.05) is 0 Å². The Morgan fingerprint density at radius 1 is 1.38 bits per heavy atom. The Morgan fingerprint density at radius 3 is 3.00 bits per heavy atom. The summed E-state index contributed by atoms with van der Waals surface area (Å²) in [5.41, 5.74) is 1.54. The molecule has 2 aromatic heterocycles. The summed E-state index contributed by atoms with van der Waals surface area (Å²) in [4.78, 5) is 11.8. The highest BCUT2D eigenvalue weighted by Crippen LogP contribution is 2.24. The van der Waals surface area contributed by atoms with Gasteiger partial charge in [-0.15, -0.1) is 0 Å². The Morgan fingerprint density at radius 2 is 2.25 bits per heavy atom. The van der Waals surface area contributed by atoms with Crippen molar-refractivity contribution in [1.29, 1.82) is 0 Å². The van der Waals surface area contributed by atoms with E-state index in [9.17, 15) is 4.39 Å². The molecule has 6 heteroatoms. The van der Waals surface area contributed by atoms with Crippen LogP contribution in [0.25, 0.3) is 11.2 Å². The number of fused-ring (bicyclic) bond motifs is 1. The van der Waals surface area contributed by atoms with E-state index in [1.165, 1.54) is 0 Å². The molecule has 0 aromatic carbocycles. The van der Waals surface area contributed by atoms with Gasteiger partial charge in [0.15, 0.2) is 5.65 Å². The van der Waals surface area contributed by atoms with Crippen molar-refractivity contribution in [3.8, 4) is 0 Å². The van der Waals surface area contributed by atoms with Crippen molar-refractivity contribution < 1.29 is 4.39 Å². The molecule has 1 aliphatic heterocycles. The summed E-state index contributed by atoms with van der Waals surface area (Å²) < 4.78 is 13.8. The maximum Gasteiger partial charge on any atom is 0.178 e. The van der Waals surface area contributed by atoms with E-state index in [0.717, 1.165) is 15.9 Å². The fourth-order valence-corrected chi connectivity index (χ4v) is 2.25. The molecule has 0 saturated carbocycles. The van der Waals surface area contributed by atoms with E-state index >= 15 is 0 Å². The van der Waals surface area contributed by atoms with Crippen LogP contribution in [0.5, 0.6) is 0 Å².